The van der Waals surface area contributed by atoms with Gasteiger partial charge in [-0.25, -0.2) is 8.99 Å². The second-order valence-electron chi connectivity index (χ2n) is 3.23. The van der Waals surface area contributed by atoms with Gasteiger partial charge in [-0.1, -0.05) is 19.1 Å². The molecule has 0 saturated heterocycles. The Bertz CT molecular complexity index is 407. The third kappa shape index (κ3) is 2.10. The van der Waals surface area contributed by atoms with Gasteiger partial charge in [-0.3, -0.25) is 0 Å². The van der Waals surface area contributed by atoms with Crippen LogP contribution in [0.2, 0.25) is 0 Å². The molecule has 0 amide bonds. The summed E-state index contributed by atoms with van der Waals surface area (Å²) in [6.45, 7) is 5.64. The van der Waals surface area contributed by atoms with Crippen LogP contribution in [0.25, 0.3) is 0 Å². The molecule has 3 heteroatoms. The molecule has 1 aromatic rings. The first-order valence-electron chi connectivity index (χ1n) is 4.31. The van der Waals surface area contributed by atoms with Crippen LogP contribution in [0.5, 0.6) is 0 Å². The van der Waals surface area contributed by atoms with Crippen molar-refractivity contribution in [3.05, 3.63) is 29.3 Å². The molecule has 0 spiro atoms. The standard InChI is InChI=1S/C10H15NOS/c1-4-13(11,12)10-7-8(2)5-6-9(10)3/h5-7,11H,4H2,1-3H3. The third-order valence-corrected chi connectivity index (χ3v) is 4.07. The highest BCUT2D eigenvalue weighted by molar-refractivity contribution is 7.92. The normalized spacial score (nSPS) is 15.3. The van der Waals surface area contributed by atoms with Gasteiger partial charge in [0, 0.05) is 5.75 Å². The van der Waals surface area contributed by atoms with Crippen LogP contribution in [0.4, 0.5) is 0 Å². The smallest absolute Gasteiger partial charge is 0.0726 e. The first kappa shape index (κ1) is 10.3. The highest BCUT2D eigenvalue weighted by Crippen LogP contribution is 2.18. The molecule has 0 saturated carbocycles. The third-order valence-electron chi connectivity index (χ3n) is 2.11. The van der Waals surface area contributed by atoms with Crippen molar-refractivity contribution in [2.75, 3.05) is 5.75 Å². The number of aryl methyl sites for hydroxylation is 2. The van der Waals surface area contributed by atoms with E-state index in [4.69, 9.17) is 4.78 Å². The fourth-order valence-electron chi connectivity index (χ4n) is 1.22. The largest absolute Gasteiger partial charge is 0.249 e. The Morgan fingerprint density at radius 2 is 2.00 bits per heavy atom. The Labute approximate surface area is 80.0 Å². The van der Waals surface area contributed by atoms with Crippen molar-refractivity contribution in [1.29, 1.82) is 4.78 Å². The van der Waals surface area contributed by atoms with Crippen molar-refractivity contribution in [1.82, 2.24) is 0 Å². The first-order valence-corrected chi connectivity index (χ1v) is 6.04. The van der Waals surface area contributed by atoms with E-state index < -0.39 is 9.73 Å². The summed E-state index contributed by atoms with van der Waals surface area (Å²) in [6.07, 6.45) is 0. The minimum absolute atomic E-state index is 0.386. The zero-order chi connectivity index (χ0) is 10.1. The Balaban J connectivity index is 3.38. The molecule has 1 N–H and O–H groups in total. The summed E-state index contributed by atoms with van der Waals surface area (Å²) < 4.78 is 19.5. The Morgan fingerprint density at radius 3 is 2.54 bits per heavy atom. The van der Waals surface area contributed by atoms with E-state index in [-0.39, 0.29) is 0 Å². The lowest BCUT2D eigenvalue weighted by Crippen LogP contribution is -2.04. The van der Waals surface area contributed by atoms with Crippen LogP contribution in [0, 0.1) is 18.6 Å². The quantitative estimate of drug-likeness (QED) is 0.778. The topological polar surface area (TPSA) is 40.9 Å². The summed E-state index contributed by atoms with van der Waals surface area (Å²) in [5.41, 5.74) is 2.02. The number of rotatable bonds is 2. The van der Waals surface area contributed by atoms with E-state index in [0.29, 0.717) is 10.6 Å². The van der Waals surface area contributed by atoms with Gasteiger partial charge in [0.25, 0.3) is 0 Å². The van der Waals surface area contributed by atoms with E-state index in [1.807, 2.05) is 32.0 Å². The maximum Gasteiger partial charge on any atom is 0.0726 e. The minimum Gasteiger partial charge on any atom is -0.249 e. The summed E-state index contributed by atoms with van der Waals surface area (Å²) in [7, 11) is -2.55. The summed E-state index contributed by atoms with van der Waals surface area (Å²) in [6, 6.07) is 5.76. The molecule has 1 aromatic carbocycles. The fourth-order valence-corrected chi connectivity index (χ4v) is 2.49. The number of hydrogen-bond donors (Lipinski definition) is 1. The van der Waals surface area contributed by atoms with Gasteiger partial charge in [0.2, 0.25) is 0 Å². The maximum atomic E-state index is 11.8. The van der Waals surface area contributed by atoms with Crippen molar-refractivity contribution in [2.24, 2.45) is 0 Å². The van der Waals surface area contributed by atoms with E-state index in [9.17, 15) is 4.21 Å². The lowest BCUT2D eigenvalue weighted by molar-refractivity contribution is 0.675. The second kappa shape index (κ2) is 3.50. The van der Waals surface area contributed by atoms with Crippen LogP contribution in [0.1, 0.15) is 18.1 Å². The molecule has 2 nitrogen and oxygen atoms in total. The fraction of sp³-hybridized carbons (Fsp3) is 0.400. The summed E-state index contributed by atoms with van der Waals surface area (Å²) >= 11 is 0. The molecule has 0 radical (unpaired) electrons. The summed E-state index contributed by atoms with van der Waals surface area (Å²) in [5.74, 6) is 0.386. The molecule has 1 unspecified atom stereocenters. The van der Waals surface area contributed by atoms with Crippen LogP contribution in [0.3, 0.4) is 0 Å². The molecule has 0 aliphatic heterocycles. The van der Waals surface area contributed by atoms with Crippen molar-refractivity contribution in [2.45, 2.75) is 25.7 Å². The number of hydrogen-bond acceptors (Lipinski definition) is 2. The van der Waals surface area contributed by atoms with E-state index in [1.54, 1.807) is 6.92 Å². The molecule has 13 heavy (non-hydrogen) atoms. The minimum atomic E-state index is -2.55. The van der Waals surface area contributed by atoms with Crippen LogP contribution in [-0.2, 0) is 9.73 Å². The number of benzene rings is 1. The van der Waals surface area contributed by atoms with Gasteiger partial charge in [-0.2, -0.15) is 0 Å². The van der Waals surface area contributed by atoms with E-state index in [1.165, 1.54) is 0 Å². The predicted molar refractivity (Wildman–Crippen MR) is 55.6 cm³/mol. The van der Waals surface area contributed by atoms with Crippen molar-refractivity contribution in [3.8, 4) is 0 Å². The number of nitrogens with one attached hydrogen (secondary N) is 1. The molecule has 0 aliphatic rings. The van der Waals surface area contributed by atoms with Gasteiger partial charge < -0.3 is 0 Å². The van der Waals surface area contributed by atoms with Crippen LogP contribution >= 0.6 is 0 Å². The van der Waals surface area contributed by atoms with E-state index in [0.717, 1.165) is 11.1 Å². The molecule has 72 valence electrons. The van der Waals surface area contributed by atoms with Crippen molar-refractivity contribution < 1.29 is 4.21 Å². The monoisotopic (exact) mass is 197 g/mol. The highest BCUT2D eigenvalue weighted by Gasteiger charge is 2.10. The lowest BCUT2D eigenvalue weighted by Gasteiger charge is -2.08. The molecule has 0 bridgehead atoms. The van der Waals surface area contributed by atoms with E-state index >= 15 is 0 Å². The highest BCUT2D eigenvalue weighted by atomic mass is 32.2. The zero-order valence-electron chi connectivity index (χ0n) is 8.26. The average Bonchev–Trinajstić information content (AvgIpc) is 2.09. The van der Waals surface area contributed by atoms with Gasteiger partial charge in [0.1, 0.15) is 0 Å². The molecule has 0 fully saturated rings. The molecular weight excluding hydrogens is 182 g/mol. The van der Waals surface area contributed by atoms with Gasteiger partial charge >= 0.3 is 0 Å². The molecule has 1 rings (SSSR count). The predicted octanol–water partition coefficient (Wildman–Crippen LogP) is 2.73. The SMILES string of the molecule is CCS(=N)(=O)c1cc(C)ccc1C. The second-order valence-corrected chi connectivity index (χ2v) is 5.60. The van der Waals surface area contributed by atoms with Crippen molar-refractivity contribution in [3.63, 3.8) is 0 Å². The lowest BCUT2D eigenvalue weighted by atomic mass is 10.2. The summed E-state index contributed by atoms with van der Waals surface area (Å²) in [5, 5.41) is 0. The van der Waals surface area contributed by atoms with Crippen LogP contribution < -0.4 is 0 Å². The first-order chi connectivity index (χ1) is 5.97. The van der Waals surface area contributed by atoms with Crippen LogP contribution in [-0.4, -0.2) is 9.96 Å². The average molecular weight is 197 g/mol. The maximum absolute atomic E-state index is 11.8. The van der Waals surface area contributed by atoms with Gasteiger partial charge in [-0.05, 0) is 31.0 Å². The Hall–Kier alpha value is -0.830. The van der Waals surface area contributed by atoms with Gasteiger partial charge in [0.15, 0.2) is 0 Å². The molecule has 1 atom stereocenters. The molecule has 0 heterocycles. The Kier molecular flexibility index (Phi) is 2.76. The summed E-state index contributed by atoms with van der Waals surface area (Å²) in [4.78, 5) is 0.690. The Morgan fingerprint density at radius 1 is 1.38 bits per heavy atom. The molecule has 0 aliphatic carbocycles. The van der Waals surface area contributed by atoms with Gasteiger partial charge in [0.05, 0.1) is 14.6 Å². The molecular formula is C10H15NOS. The van der Waals surface area contributed by atoms with E-state index in [2.05, 4.69) is 0 Å². The van der Waals surface area contributed by atoms with Crippen molar-refractivity contribution >= 4 is 9.73 Å². The van der Waals surface area contributed by atoms with Gasteiger partial charge in [-0.15, -0.1) is 0 Å². The van der Waals surface area contributed by atoms with Crippen LogP contribution in [0.15, 0.2) is 23.1 Å². The zero-order valence-corrected chi connectivity index (χ0v) is 9.07. The molecule has 0 aromatic heterocycles.